The molecule has 1 fully saturated rings. The van der Waals surface area contributed by atoms with Crippen LogP contribution in [0.3, 0.4) is 0 Å². The van der Waals surface area contributed by atoms with Crippen LogP contribution in [0.4, 0.5) is 0 Å². The average molecular weight is 270 g/mol. The Balaban J connectivity index is 2.34. The maximum atomic E-state index is 6.01. The molecule has 2 atom stereocenters. The second-order valence-corrected chi connectivity index (χ2v) is 6.25. The normalized spacial score (nSPS) is 21.8. The molecule has 1 rings (SSSR count). The summed E-state index contributed by atoms with van der Waals surface area (Å²) in [5, 5.41) is 0. The Kier molecular flexibility index (Phi) is 7.91. The average Bonchev–Trinajstić information content (AvgIpc) is 2.39. The summed E-state index contributed by atoms with van der Waals surface area (Å²) in [4.78, 5) is 7.46. The van der Waals surface area contributed by atoms with Gasteiger partial charge in [-0.1, -0.05) is 20.3 Å². The van der Waals surface area contributed by atoms with Crippen LogP contribution in [-0.2, 0) is 0 Å². The summed E-state index contributed by atoms with van der Waals surface area (Å²) in [7, 11) is 4.29. The summed E-state index contributed by atoms with van der Waals surface area (Å²) in [6.45, 7) is 12.5. The van der Waals surface area contributed by atoms with Gasteiger partial charge in [0.1, 0.15) is 0 Å². The maximum Gasteiger partial charge on any atom is 0.0245 e. The molecule has 0 spiro atoms. The molecular weight excluding hydrogens is 236 g/mol. The Morgan fingerprint density at radius 3 is 2.26 bits per heavy atom. The van der Waals surface area contributed by atoms with Gasteiger partial charge in [-0.15, -0.1) is 0 Å². The quantitative estimate of drug-likeness (QED) is 0.712. The van der Waals surface area contributed by atoms with Crippen molar-refractivity contribution in [2.75, 3.05) is 59.9 Å². The van der Waals surface area contributed by atoms with Crippen LogP contribution in [0.25, 0.3) is 0 Å². The molecule has 4 heteroatoms. The minimum atomic E-state index is 0.580. The number of hydrogen-bond donors (Lipinski definition) is 1. The van der Waals surface area contributed by atoms with Gasteiger partial charge in [0, 0.05) is 51.9 Å². The fraction of sp³-hybridized carbons (Fsp3) is 1.00. The van der Waals surface area contributed by atoms with Crippen molar-refractivity contribution in [2.45, 2.75) is 32.7 Å². The second-order valence-electron chi connectivity index (χ2n) is 6.25. The summed E-state index contributed by atoms with van der Waals surface area (Å²) < 4.78 is 0. The summed E-state index contributed by atoms with van der Waals surface area (Å²) in [6.07, 6.45) is 2.56. The zero-order chi connectivity index (χ0) is 14.3. The first-order valence-corrected chi connectivity index (χ1v) is 7.89. The van der Waals surface area contributed by atoms with Crippen molar-refractivity contribution in [2.24, 2.45) is 11.7 Å². The Morgan fingerprint density at radius 2 is 1.79 bits per heavy atom. The van der Waals surface area contributed by atoms with Gasteiger partial charge in [0.05, 0.1) is 0 Å². The highest BCUT2D eigenvalue weighted by Crippen LogP contribution is 2.17. The molecule has 1 saturated heterocycles. The van der Waals surface area contributed by atoms with Gasteiger partial charge in [0.25, 0.3) is 0 Å². The summed E-state index contributed by atoms with van der Waals surface area (Å²) in [5.41, 5.74) is 6.01. The van der Waals surface area contributed by atoms with E-state index in [0.29, 0.717) is 6.04 Å². The maximum absolute atomic E-state index is 6.01. The zero-order valence-corrected chi connectivity index (χ0v) is 13.4. The Hall–Kier alpha value is -0.160. The van der Waals surface area contributed by atoms with Crippen molar-refractivity contribution in [1.29, 1.82) is 0 Å². The minimum Gasteiger partial charge on any atom is -0.329 e. The third kappa shape index (κ3) is 5.78. The highest BCUT2D eigenvalue weighted by Gasteiger charge is 2.26. The second kappa shape index (κ2) is 8.90. The van der Waals surface area contributed by atoms with Crippen LogP contribution >= 0.6 is 0 Å². The van der Waals surface area contributed by atoms with Crippen LogP contribution in [0.5, 0.6) is 0 Å². The van der Waals surface area contributed by atoms with Gasteiger partial charge >= 0.3 is 0 Å². The predicted octanol–water partition coefficient (Wildman–Crippen LogP) is 0.929. The lowest BCUT2D eigenvalue weighted by molar-refractivity contribution is 0.0711. The highest BCUT2D eigenvalue weighted by atomic mass is 15.3. The molecule has 2 N–H and O–H groups in total. The van der Waals surface area contributed by atoms with Crippen molar-refractivity contribution in [3.63, 3.8) is 0 Å². The third-order valence-electron chi connectivity index (χ3n) is 4.38. The van der Waals surface area contributed by atoms with Gasteiger partial charge in [-0.3, -0.25) is 9.80 Å². The van der Waals surface area contributed by atoms with Crippen LogP contribution in [0.1, 0.15) is 26.7 Å². The Bertz CT molecular complexity index is 224. The monoisotopic (exact) mass is 270 g/mol. The first kappa shape index (κ1) is 16.9. The Labute approximate surface area is 119 Å². The van der Waals surface area contributed by atoms with E-state index in [-0.39, 0.29) is 0 Å². The van der Waals surface area contributed by atoms with Gasteiger partial charge in [-0.05, 0) is 26.4 Å². The lowest BCUT2D eigenvalue weighted by Gasteiger charge is -2.41. The Morgan fingerprint density at radius 1 is 1.16 bits per heavy atom. The van der Waals surface area contributed by atoms with E-state index in [1.165, 1.54) is 45.6 Å². The SMILES string of the molecule is CCCC(C)C(CN)N1CCN(CCN(C)C)CC1. The largest absolute Gasteiger partial charge is 0.329 e. The third-order valence-corrected chi connectivity index (χ3v) is 4.38. The first-order valence-electron chi connectivity index (χ1n) is 7.89. The van der Waals surface area contributed by atoms with E-state index in [9.17, 15) is 0 Å². The van der Waals surface area contributed by atoms with Gasteiger partial charge < -0.3 is 10.6 Å². The summed E-state index contributed by atoms with van der Waals surface area (Å²) >= 11 is 0. The smallest absolute Gasteiger partial charge is 0.0245 e. The van der Waals surface area contributed by atoms with Crippen molar-refractivity contribution in [3.8, 4) is 0 Å². The van der Waals surface area contributed by atoms with Crippen LogP contribution in [-0.4, -0.2) is 80.7 Å². The molecule has 0 aromatic rings. The molecule has 0 radical (unpaired) electrons. The van der Waals surface area contributed by atoms with Crippen LogP contribution < -0.4 is 5.73 Å². The van der Waals surface area contributed by atoms with Crippen molar-refractivity contribution >= 4 is 0 Å². The van der Waals surface area contributed by atoms with E-state index >= 15 is 0 Å². The van der Waals surface area contributed by atoms with Gasteiger partial charge in [0.15, 0.2) is 0 Å². The standard InChI is InChI=1S/C15H34N4/c1-5-6-14(2)15(13-16)19-11-9-18(10-12-19)8-7-17(3)4/h14-15H,5-13,16H2,1-4H3. The van der Waals surface area contributed by atoms with E-state index in [4.69, 9.17) is 5.73 Å². The topological polar surface area (TPSA) is 35.7 Å². The summed E-state index contributed by atoms with van der Waals surface area (Å²) in [5.74, 6) is 0.725. The highest BCUT2D eigenvalue weighted by molar-refractivity contribution is 4.82. The molecule has 1 aliphatic heterocycles. The number of nitrogens with two attached hydrogens (primary N) is 1. The molecule has 4 nitrogen and oxygen atoms in total. The molecule has 0 aliphatic carbocycles. The molecule has 0 amide bonds. The zero-order valence-electron chi connectivity index (χ0n) is 13.4. The van der Waals surface area contributed by atoms with E-state index in [1.807, 2.05) is 0 Å². The van der Waals surface area contributed by atoms with E-state index in [2.05, 4.69) is 42.6 Å². The van der Waals surface area contributed by atoms with Crippen molar-refractivity contribution in [1.82, 2.24) is 14.7 Å². The molecule has 114 valence electrons. The number of hydrogen-bond acceptors (Lipinski definition) is 4. The van der Waals surface area contributed by atoms with E-state index in [1.54, 1.807) is 0 Å². The van der Waals surface area contributed by atoms with Crippen molar-refractivity contribution < 1.29 is 0 Å². The van der Waals surface area contributed by atoms with E-state index < -0.39 is 0 Å². The van der Waals surface area contributed by atoms with E-state index in [0.717, 1.165) is 19.0 Å². The molecule has 2 unspecified atom stereocenters. The molecule has 1 heterocycles. The van der Waals surface area contributed by atoms with Crippen LogP contribution in [0.15, 0.2) is 0 Å². The predicted molar refractivity (Wildman–Crippen MR) is 83.5 cm³/mol. The fourth-order valence-corrected chi connectivity index (χ4v) is 3.05. The molecule has 0 bridgehead atoms. The molecule has 0 saturated carbocycles. The summed E-state index contributed by atoms with van der Waals surface area (Å²) in [6, 6.07) is 0.580. The molecule has 0 aromatic heterocycles. The number of likely N-dealkylation sites (N-methyl/N-ethyl adjacent to an activating group) is 1. The minimum absolute atomic E-state index is 0.580. The van der Waals surface area contributed by atoms with Gasteiger partial charge in [-0.25, -0.2) is 0 Å². The fourth-order valence-electron chi connectivity index (χ4n) is 3.05. The van der Waals surface area contributed by atoms with Gasteiger partial charge in [-0.2, -0.15) is 0 Å². The van der Waals surface area contributed by atoms with Crippen molar-refractivity contribution in [3.05, 3.63) is 0 Å². The van der Waals surface area contributed by atoms with Gasteiger partial charge in [0.2, 0.25) is 0 Å². The van der Waals surface area contributed by atoms with Crippen LogP contribution in [0, 0.1) is 5.92 Å². The van der Waals surface area contributed by atoms with Crippen LogP contribution in [0.2, 0.25) is 0 Å². The molecule has 19 heavy (non-hydrogen) atoms. The molecular formula is C15H34N4. The lowest BCUT2D eigenvalue weighted by atomic mass is 9.95. The molecule has 1 aliphatic rings. The number of rotatable bonds is 8. The molecule has 0 aromatic carbocycles. The number of nitrogens with zero attached hydrogens (tertiary/aromatic N) is 3. The first-order chi connectivity index (χ1) is 9.08. The lowest BCUT2D eigenvalue weighted by Crippen LogP contribution is -2.54. The number of piperazine rings is 1.